The first-order valence-corrected chi connectivity index (χ1v) is 9.61. The highest BCUT2D eigenvalue weighted by atomic mass is 16.5. The Kier molecular flexibility index (Phi) is 5.97. The molecule has 3 aromatic rings. The van der Waals surface area contributed by atoms with E-state index in [0.29, 0.717) is 36.1 Å². The molecule has 0 aliphatic carbocycles. The molecule has 7 heteroatoms. The average Bonchev–Trinajstić information content (AvgIpc) is 3.43. The average molecular weight is 393 g/mol. The van der Waals surface area contributed by atoms with E-state index in [-0.39, 0.29) is 24.5 Å². The maximum absolute atomic E-state index is 12.7. The van der Waals surface area contributed by atoms with Crippen LogP contribution in [0.4, 0.5) is 0 Å². The number of carbonyl (C=O) groups is 1. The van der Waals surface area contributed by atoms with E-state index in [9.17, 15) is 4.79 Å². The Balaban J connectivity index is 1.41. The molecule has 2 atom stereocenters. The van der Waals surface area contributed by atoms with Crippen LogP contribution in [-0.2, 0) is 16.1 Å². The van der Waals surface area contributed by atoms with E-state index in [1.807, 2.05) is 24.3 Å². The summed E-state index contributed by atoms with van der Waals surface area (Å²) in [6.07, 6.45) is 0.935. The number of ether oxygens (including phenoxy) is 2. The fourth-order valence-electron chi connectivity index (χ4n) is 3.53. The molecule has 0 radical (unpaired) electrons. The summed E-state index contributed by atoms with van der Waals surface area (Å²) in [6.45, 7) is 1.51. The van der Waals surface area contributed by atoms with Gasteiger partial charge in [-0.3, -0.25) is 4.79 Å². The third kappa shape index (κ3) is 4.52. The highest BCUT2D eigenvalue weighted by Crippen LogP contribution is 2.34. The van der Waals surface area contributed by atoms with Crippen molar-refractivity contribution in [2.24, 2.45) is 5.92 Å². The number of nitrogens with zero attached hydrogens (tertiary/aromatic N) is 2. The topological polar surface area (TPSA) is 86.5 Å². The lowest BCUT2D eigenvalue weighted by atomic mass is 9.95. The van der Waals surface area contributed by atoms with Crippen LogP contribution in [0.15, 0.2) is 59.0 Å². The Morgan fingerprint density at radius 2 is 2.03 bits per heavy atom. The molecule has 2 heterocycles. The largest absolute Gasteiger partial charge is 0.418 e. The van der Waals surface area contributed by atoms with Crippen molar-refractivity contribution in [3.05, 3.63) is 71.6 Å². The molecule has 1 aliphatic heterocycles. The van der Waals surface area contributed by atoms with E-state index in [4.69, 9.17) is 13.9 Å². The number of hydrogen-bond donors (Lipinski definition) is 1. The zero-order chi connectivity index (χ0) is 20.1. The third-order valence-electron chi connectivity index (χ3n) is 4.97. The van der Waals surface area contributed by atoms with Gasteiger partial charge in [0.05, 0.1) is 6.10 Å². The molecule has 29 heavy (non-hydrogen) atoms. The molecule has 1 amide bonds. The molecule has 150 valence electrons. The van der Waals surface area contributed by atoms with Crippen LogP contribution in [0, 0.1) is 5.92 Å². The molecule has 1 aliphatic rings. The summed E-state index contributed by atoms with van der Waals surface area (Å²) in [5.41, 5.74) is 2.39. The first-order valence-electron chi connectivity index (χ1n) is 9.61. The number of nitrogens with one attached hydrogen (secondary N) is 1. The summed E-state index contributed by atoms with van der Waals surface area (Å²) in [5.74, 6) is 0.866. The van der Waals surface area contributed by atoms with Gasteiger partial charge in [0.1, 0.15) is 6.61 Å². The fraction of sp³-hybridized carbons (Fsp3) is 0.318. The molecule has 1 fully saturated rings. The fourth-order valence-corrected chi connectivity index (χ4v) is 3.53. The molecule has 4 rings (SSSR count). The molecule has 0 unspecified atom stereocenters. The SMILES string of the molecule is COCc1nnc(-c2cccc(C(=O)NC[C@@H]3CCO[C@H]3c3ccccc3)c2)o1. The van der Waals surface area contributed by atoms with Crippen molar-refractivity contribution in [3.8, 4) is 11.5 Å². The number of aromatic nitrogens is 2. The lowest BCUT2D eigenvalue weighted by Gasteiger charge is -2.19. The van der Waals surface area contributed by atoms with Crippen molar-refractivity contribution >= 4 is 5.91 Å². The quantitative estimate of drug-likeness (QED) is 0.662. The molecule has 0 bridgehead atoms. The number of methoxy groups -OCH3 is 1. The van der Waals surface area contributed by atoms with Crippen LogP contribution in [0.25, 0.3) is 11.5 Å². The molecule has 1 aromatic heterocycles. The van der Waals surface area contributed by atoms with Crippen molar-refractivity contribution in [3.63, 3.8) is 0 Å². The van der Waals surface area contributed by atoms with Crippen molar-refractivity contribution in [1.82, 2.24) is 15.5 Å². The number of carbonyl (C=O) groups excluding carboxylic acids is 1. The Labute approximate surface area is 169 Å². The van der Waals surface area contributed by atoms with E-state index in [0.717, 1.165) is 12.0 Å². The van der Waals surface area contributed by atoms with Crippen molar-refractivity contribution in [2.45, 2.75) is 19.1 Å². The first-order chi connectivity index (χ1) is 14.2. The molecule has 7 nitrogen and oxygen atoms in total. The van der Waals surface area contributed by atoms with Gasteiger partial charge in [0, 0.05) is 37.3 Å². The van der Waals surface area contributed by atoms with Crippen LogP contribution in [0.3, 0.4) is 0 Å². The van der Waals surface area contributed by atoms with E-state index >= 15 is 0 Å². The smallest absolute Gasteiger partial charge is 0.251 e. The van der Waals surface area contributed by atoms with E-state index in [1.54, 1.807) is 25.3 Å². The normalized spacial score (nSPS) is 18.7. The Morgan fingerprint density at radius 3 is 2.86 bits per heavy atom. The summed E-state index contributed by atoms with van der Waals surface area (Å²) >= 11 is 0. The minimum atomic E-state index is -0.137. The molecule has 1 N–H and O–H groups in total. The van der Waals surface area contributed by atoms with Gasteiger partial charge in [0.15, 0.2) is 0 Å². The Hall–Kier alpha value is -3.03. The number of amides is 1. The van der Waals surface area contributed by atoms with Gasteiger partial charge >= 0.3 is 0 Å². The third-order valence-corrected chi connectivity index (χ3v) is 4.97. The maximum Gasteiger partial charge on any atom is 0.251 e. The Morgan fingerprint density at radius 1 is 1.17 bits per heavy atom. The molecule has 1 saturated heterocycles. The summed E-state index contributed by atoms with van der Waals surface area (Å²) in [6, 6.07) is 17.3. The van der Waals surface area contributed by atoms with Crippen molar-refractivity contribution in [2.75, 3.05) is 20.3 Å². The highest BCUT2D eigenvalue weighted by molar-refractivity contribution is 5.95. The standard InChI is InChI=1S/C22H23N3O4/c1-27-14-19-24-25-22(29-19)17-9-5-8-16(12-17)21(26)23-13-18-10-11-28-20(18)15-6-3-2-4-7-15/h2-9,12,18,20H,10-11,13-14H2,1H3,(H,23,26)/t18-,20-/m0/s1. The van der Waals surface area contributed by atoms with E-state index in [1.165, 1.54) is 0 Å². The second-order valence-corrected chi connectivity index (χ2v) is 6.98. The molecule has 0 spiro atoms. The van der Waals surface area contributed by atoms with E-state index in [2.05, 4.69) is 27.6 Å². The summed E-state index contributed by atoms with van der Waals surface area (Å²) in [4.78, 5) is 12.7. The van der Waals surface area contributed by atoms with Gasteiger partial charge in [-0.2, -0.15) is 0 Å². The van der Waals surface area contributed by atoms with Gasteiger partial charge in [0.2, 0.25) is 11.8 Å². The molecule has 0 saturated carbocycles. The van der Waals surface area contributed by atoms with Gasteiger partial charge in [0.25, 0.3) is 5.91 Å². The van der Waals surface area contributed by atoms with Gasteiger partial charge in [-0.15, -0.1) is 10.2 Å². The highest BCUT2D eigenvalue weighted by Gasteiger charge is 2.29. The molecular formula is C22H23N3O4. The Bertz CT molecular complexity index is 957. The summed E-state index contributed by atoms with van der Waals surface area (Å²) in [7, 11) is 1.56. The van der Waals surface area contributed by atoms with Crippen LogP contribution in [0.5, 0.6) is 0 Å². The maximum atomic E-state index is 12.7. The minimum absolute atomic E-state index is 0.0143. The lowest BCUT2D eigenvalue weighted by molar-refractivity contribution is 0.0846. The van der Waals surface area contributed by atoms with Crippen LogP contribution in [0.1, 0.15) is 34.3 Å². The van der Waals surface area contributed by atoms with Crippen molar-refractivity contribution < 1.29 is 18.7 Å². The van der Waals surface area contributed by atoms with Gasteiger partial charge in [-0.05, 0) is 30.2 Å². The zero-order valence-electron chi connectivity index (χ0n) is 16.2. The second kappa shape index (κ2) is 8.98. The van der Waals surface area contributed by atoms with Gasteiger partial charge in [-0.1, -0.05) is 36.4 Å². The van der Waals surface area contributed by atoms with Crippen LogP contribution in [-0.4, -0.2) is 36.4 Å². The number of benzene rings is 2. The molecule has 2 aromatic carbocycles. The monoisotopic (exact) mass is 393 g/mol. The minimum Gasteiger partial charge on any atom is -0.418 e. The van der Waals surface area contributed by atoms with Crippen LogP contribution in [0.2, 0.25) is 0 Å². The predicted molar refractivity (Wildman–Crippen MR) is 106 cm³/mol. The van der Waals surface area contributed by atoms with E-state index < -0.39 is 0 Å². The lowest BCUT2D eigenvalue weighted by Crippen LogP contribution is -2.30. The zero-order valence-corrected chi connectivity index (χ0v) is 16.2. The summed E-state index contributed by atoms with van der Waals surface area (Å²) in [5, 5.41) is 11.0. The summed E-state index contributed by atoms with van der Waals surface area (Å²) < 4.78 is 16.4. The second-order valence-electron chi connectivity index (χ2n) is 6.98. The van der Waals surface area contributed by atoms with Gasteiger partial charge in [-0.25, -0.2) is 0 Å². The van der Waals surface area contributed by atoms with Gasteiger partial charge < -0.3 is 19.2 Å². The number of rotatable bonds is 7. The molecular weight excluding hydrogens is 370 g/mol. The van der Waals surface area contributed by atoms with Crippen molar-refractivity contribution in [1.29, 1.82) is 0 Å². The van der Waals surface area contributed by atoms with Crippen LogP contribution < -0.4 is 5.32 Å². The number of hydrogen-bond acceptors (Lipinski definition) is 6. The first kappa shape index (κ1) is 19.3. The predicted octanol–water partition coefficient (Wildman–Crippen LogP) is 3.39. The van der Waals surface area contributed by atoms with Crippen LogP contribution >= 0.6 is 0 Å².